The number of aliphatic hydroxyl groups excluding tert-OH is 1. The van der Waals surface area contributed by atoms with E-state index in [0.29, 0.717) is 19.4 Å². The zero-order valence-electron chi connectivity index (χ0n) is 11.2. The number of fused-ring (bicyclic) bond motifs is 1. The van der Waals surface area contributed by atoms with Gasteiger partial charge in [0.25, 0.3) is 0 Å². The number of hydrogen-bond donors (Lipinski definition) is 1. The van der Waals surface area contributed by atoms with Gasteiger partial charge in [-0.15, -0.1) is 0 Å². The van der Waals surface area contributed by atoms with E-state index in [9.17, 15) is 9.59 Å². The molecule has 4 nitrogen and oxygen atoms in total. The summed E-state index contributed by atoms with van der Waals surface area (Å²) in [7, 11) is 0. The second-order valence-corrected chi connectivity index (χ2v) is 5.40. The number of amides is 2. The molecule has 2 atom stereocenters. The highest BCUT2D eigenvalue weighted by Gasteiger charge is 2.46. The van der Waals surface area contributed by atoms with Crippen LogP contribution < -0.4 is 0 Å². The van der Waals surface area contributed by atoms with Gasteiger partial charge in [0, 0.05) is 0 Å². The summed E-state index contributed by atoms with van der Waals surface area (Å²) in [6.45, 7) is 0.267. The summed E-state index contributed by atoms with van der Waals surface area (Å²) in [6.07, 6.45) is 5.31. The summed E-state index contributed by atoms with van der Waals surface area (Å²) in [5, 5.41) is 9.14. The van der Waals surface area contributed by atoms with Gasteiger partial charge in [-0.25, -0.2) is 0 Å². The molecule has 1 fully saturated rings. The van der Waals surface area contributed by atoms with Crippen LogP contribution in [0.3, 0.4) is 0 Å². The van der Waals surface area contributed by atoms with Gasteiger partial charge in [0.15, 0.2) is 0 Å². The van der Waals surface area contributed by atoms with Crippen molar-refractivity contribution in [2.45, 2.75) is 26.0 Å². The Hall–Kier alpha value is -1.94. The Kier molecular flexibility index (Phi) is 3.40. The monoisotopic (exact) mass is 271 g/mol. The first kappa shape index (κ1) is 13.1. The molecule has 0 saturated carbocycles. The summed E-state index contributed by atoms with van der Waals surface area (Å²) in [4.78, 5) is 26.0. The molecule has 0 bridgehead atoms. The highest BCUT2D eigenvalue weighted by molar-refractivity contribution is 6.05. The molecule has 1 N–H and O–H groups in total. The Morgan fingerprint density at radius 3 is 2.25 bits per heavy atom. The normalized spacial score (nSPS) is 25.1. The fraction of sp³-hybridized carbons (Fsp3) is 0.375. The van der Waals surface area contributed by atoms with Crippen LogP contribution in [0, 0.1) is 11.8 Å². The van der Waals surface area contributed by atoms with E-state index in [1.54, 1.807) is 0 Å². The van der Waals surface area contributed by atoms with Gasteiger partial charge in [0.05, 0.1) is 25.0 Å². The highest BCUT2D eigenvalue weighted by atomic mass is 16.3. The predicted molar refractivity (Wildman–Crippen MR) is 73.3 cm³/mol. The molecule has 1 aliphatic heterocycles. The van der Waals surface area contributed by atoms with Gasteiger partial charge in [-0.05, 0) is 24.0 Å². The molecule has 2 amide bonds. The van der Waals surface area contributed by atoms with Gasteiger partial charge >= 0.3 is 0 Å². The maximum Gasteiger partial charge on any atom is 0.233 e. The van der Waals surface area contributed by atoms with E-state index in [2.05, 4.69) is 0 Å². The molecule has 4 heteroatoms. The van der Waals surface area contributed by atoms with Crippen LogP contribution in [0.4, 0.5) is 0 Å². The van der Waals surface area contributed by atoms with Crippen LogP contribution in [0.2, 0.25) is 0 Å². The Labute approximate surface area is 117 Å². The van der Waals surface area contributed by atoms with Crippen molar-refractivity contribution in [2.75, 3.05) is 0 Å². The molecule has 104 valence electrons. The van der Waals surface area contributed by atoms with Crippen LogP contribution in [0.25, 0.3) is 0 Å². The molecule has 2 aliphatic rings. The zero-order valence-corrected chi connectivity index (χ0v) is 11.2. The van der Waals surface area contributed by atoms with E-state index in [0.717, 1.165) is 11.1 Å². The summed E-state index contributed by atoms with van der Waals surface area (Å²) in [5.41, 5.74) is 1.67. The number of rotatable bonds is 3. The van der Waals surface area contributed by atoms with E-state index in [1.165, 1.54) is 4.90 Å². The number of carbonyl (C=O) groups excluding carboxylic acids is 2. The van der Waals surface area contributed by atoms with Crippen molar-refractivity contribution in [2.24, 2.45) is 11.8 Å². The number of likely N-dealkylation sites (tertiary alicyclic amines) is 1. The third kappa shape index (κ3) is 2.16. The maximum absolute atomic E-state index is 12.3. The summed E-state index contributed by atoms with van der Waals surface area (Å²) < 4.78 is 0. The average molecular weight is 271 g/mol. The van der Waals surface area contributed by atoms with Crippen LogP contribution in [0.15, 0.2) is 36.4 Å². The van der Waals surface area contributed by atoms with Crippen molar-refractivity contribution in [3.63, 3.8) is 0 Å². The fourth-order valence-electron chi connectivity index (χ4n) is 3.03. The molecule has 0 aromatic heterocycles. The van der Waals surface area contributed by atoms with Crippen molar-refractivity contribution in [1.82, 2.24) is 4.90 Å². The molecule has 0 spiro atoms. The number of hydrogen-bond acceptors (Lipinski definition) is 3. The molecule has 0 radical (unpaired) electrons. The lowest BCUT2D eigenvalue weighted by Gasteiger charge is -2.15. The Balaban J connectivity index is 1.80. The number of allylic oxidation sites excluding steroid dienone is 2. The third-order valence-electron chi connectivity index (χ3n) is 4.11. The molecule has 1 saturated heterocycles. The van der Waals surface area contributed by atoms with Gasteiger partial charge in [0.1, 0.15) is 0 Å². The summed E-state index contributed by atoms with van der Waals surface area (Å²) in [5.74, 6) is -0.459. The first-order valence-corrected chi connectivity index (χ1v) is 6.89. The predicted octanol–water partition coefficient (Wildman–Crippen LogP) is 1.63. The Morgan fingerprint density at radius 1 is 1.05 bits per heavy atom. The van der Waals surface area contributed by atoms with Crippen molar-refractivity contribution in [1.29, 1.82) is 0 Å². The lowest BCUT2D eigenvalue weighted by Crippen LogP contribution is -2.30. The van der Waals surface area contributed by atoms with Crippen LogP contribution in [0.1, 0.15) is 24.0 Å². The van der Waals surface area contributed by atoms with Gasteiger partial charge in [-0.2, -0.15) is 0 Å². The third-order valence-corrected chi connectivity index (χ3v) is 4.11. The molecule has 1 aromatic carbocycles. The molecule has 3 rings (SSSR count). The minimum Gasteiger partial charge on any atom is -0.392 e. The number of aliphatic hydroxyl groups is 1. The molecular formula is C16H17NO3. The van der Waals surface area contributed by atoms with Crippen LogP contribution >= 0.6 is 0 Å². The Bertz CT molecular complexity index is 553. The van der Waals surface area contributed by atoms with Crippen molar-refractivity contribution < 1.29 is 14.7 Å². The van der Waals surface area contributed by atoms with Gasteiger partial charge < -0.3 is 5.11 Å². The minimum absolute atomic E-state index is 0.0368. The first-order valence-electron chi connectivity index (χ1n) is 6.89. The first-order chi connectivity index (χ1) is 9.70. The molecule has 1 aliphatic carbocycles. The van der Waals surface area contributed by atoms with Crippen LogP contribution in [-0.2, 0) is 22.7 Å². The Morgan fingerprint density at radius 2 is 1.65 bits per heavy atom. The smallest absolute Gasteiger partial charge is 0.233 e. The second kappa shape index (κ2) is 5.21. The summed E-state index contributed by atoms with van der Waals surface area (Å²) >= 11 is 0. The van der Waals surface area contributed by atoms with E-state index in [1.807, 2.05) is 36.4 Å². The van der Waals surface area contributed by atoms with E-state index < -0.39 is 0 Å². The topological polar surface area (TPSA) is 57.6 Å². The van der Waals surface area contributed by atoms with E-state index >= 15 is 0 Å². The van der Waals surface area contributed by atoms with Crippen molar-refractivity contribution in [3.8, 4) is 0 Å². The van der Waals surface area contributed by atoms with Gasteiger partial charge in [-0.3, -0.25) is 14.5 Å². The SMILES string of the molecule is O=C1C2CC=CCC2C(=O)N1Cc1cccc(CO)c1. The quantitative estimate of drug-likeness (QED) is 0.671. The standard InChI is InChI=1S/C16H17NO3/c18-10-12-5-3-4-11(8-12)9-17-15(19)13-6-1-2-7-14(13)16(17)20/h1-5,8,13-14,18H,6-7,9-10H2. The number of nitrogens with zero attached hydrogens (tertiary/aromatic N) is 1. The lowest BCUT2D eigenvalue weighted by molar-refractivity contribution is -0.140. The van der Waals surface area contributed by atoms with Crippen molar-refractivity contribution in [3.05, 3.63) is 47.5 Å². The molecule has 20 heavy (non-hydrogen) atoms. The minimum atomic E-state index is -0.173. The van der Waals surface area contributed by atoms with Gasteiger partial charge in [0.2, 0.25) is 11.8 Å². The maximum atomic E-state index is 12.3. The second-order valence-electron chi connectivity index (χ2n) is 5.40. The highest BCUT2D eigenvalue weighted by Crippen LogP contribution is 2.35. The van der Waals surface area contributed by atoms with Crippen molar-refractivity contribution >= 4 is 11.8 Å². The fourth-order valence-corrected chi connectivity index (χ4v) is 3.03. The largest absolute Gasteiger partial charge is 0.392 e. The summed E-state index contributed by atoms with van der Waals surface area (Å²) in [6, 6.07) is 7.36. The van der Waals surface area contributed by atoms with E-state index in [4.69, 9.17) is 5.11 Å². The average Bonchev–Trinajstić information content (AvgIpc) is 2.73. The molecule has 2 unspecified atom stereocenters. The van der Waals surface area contributed by atoms with E-state index in [-0.39, 0.29) is 30.3 Å². The molecule has 1 heterocycles. The van der Waals surface area contributed by atoms with Gasteiger partial charge in [-0.1, -0.05) is 36.4 Å². The molecular weight excluding hydrogens is 254 g/mol. The number of carbonyl (C=O) groups is 2. The number of benzene rings is 1. The molecule has 1 aromatic rings. The number of imide groups is 1. The van der Waals surface area contributed by atoms with Crippen LogP contribution in [0.5, 0.6) is 0 Å². The zero-order chi connectivity index (χ0) is 14.1. The van der Waals surface area contributed by atoms with Crippen LogP contribution in [-0.4, -0.2) is 21.8 Å². The lowest BCUT2D eigenvalue weighted by atomic mass is 9.85.